The third-order valence-electron chi connectivity index (χ3n) is 3.11. The summed E-state index contributed by atoms with van der Waals surface area (Å²) >= 11 is 0. The minimum Gasteiger partial charge on any atom is -0.497 e. The van der Waals surface area contributed by atoms with Gasteiger partial charge in [0, 0.05) is 0 Å². The van der Waals surface area contributed by atoms with Crippen LogP contribution in [-0.4, -0.2) is 19.1 Å². The molecule has 1 heterocycles. The molecule has 0 amide bonds. The first kappa shape index (κ1) is 12.0. The van der Waals surface area contributed by atoms with Gasteiger partial charge in [0.2, 0.25) is 0 Å². The van der Waals surface area contributed by atoms with Gasteiger partial charge in [0.25, 0.3) is 0 Å². The summed E-state index contributed by atoms with van der Waals surface area (Å²) in [5, 5.41) is 0. The Kier molecular flexibility index (Phi) is 3.36. The van der Waals surface area contributed by atoms with Crippen LogP contribution in [0.3, 0.4) is 0 Å². The third kappa shape index (κ3) is 2.43. The van der Waals surface area contributed by atoms with Crippen LogP contribution in [0.4, 0.5) is 5.69 Å². The molecule has 1 aromatic carbocycles. The molecule has 0 unspecified atom stereocenters. The van der Waals surface area contributed by atoms with E-state index in [1.165, 1.54) is 0 Å². The van der Waals surface area contributed by atoms with Gasteiger partial charge >= 0.3 is 0 Å². The summed E-state index contributed by atoms with van der Waals surface area (Å²) in [4.78, 5) is 4.49. The van der Waals surface area contributed by atoms with Gasteiger partial charge in [-0.2, -0.15) is 0 Å². The molecule has 1 aliphatic rings. The number of ether oxygens (including phenoxy) is 2. The molecule has 0 aliphatic carbocycles. The molecule has 1 saturated heterocycles. The van der Waals surface area contributed by atoms with Gasteiger partial charge in [-0.3, -0.25) is 0 Å². The molecule has 0 radical (unpaired) electrons. The van der Waals surface area contributed by atoms with E-state index in [1.54, 1.807) is 7.11 Å². The number of benzene rings is 1. The van der Waals surface area contributed by atoms with Crippen molar-refractivity contribution in [2.45, 2.75) is 26.9 Å². The molecule has 0 N–H and O–H groups in total. The standard InChI is InChI=1S/C14H19NO2/c1-9(2)13-10(3)14(17-13)15-11-5-7-12(16-4)8-6-11/h5-10,13H,1-4H3/t10-,13-/m0/s1. The molecule has 0 spiro atoms. The fraction of sp³-hybridized carbons (Fsp3) is 0.500. The summed E-state index contributed by atoms with van der Waals surface area (Å²) in [6, 6.07) is 7.68. The third-order valence-corrected chi connectivity index (χ3v) is 3.11. The highest BCUT2D eigenvalue weighted by Gasteiger charge is 2.38. The lowest BCUT2D eigenvalue weighted by molar-refractivity contribution is 0.0284. The molecule has 3 heteroatoms. The highest BCUT2D eigenvalue weighted by atomic mass is 16.5. The van der Waals surface area contributed by atoms with Crippen molar-refractivity contribution in [1.82, 2.24) is 0 Å². The second-order valence-electron chi connectivity index (χ2n) is 4.76. The summed E-state index contributed by atoms with van der Waals surface area (Å²) < 4.78 is 10.8. The van der Waals surface area contributed by atoms with E-state index in [0.717, 1.165) is 17.3 Å². The molecule has 0 saturated carbocycles. The van der Waals surface area contributed by atoms with E-state index in [1.807, 2.05) is 24.3 Å². The predicted octanol–water partition coefficient (Wildman–Crippen LogP) is 3.42. The van der Waals surface area contributed by atoms with Gasteiger partial charge < -0.3 is 9.47 Å². The zero-order valence-corrected chi connectivity index (χ0v) is 10.8. The molecule has 1 fully saturated rings. The summed E-state index contributed by atoms with van der Waals surface area (Å²) in [7, 11) is 1.66. The van der Waals surface area contributed by atoms with Crippen LogP contribution in [0.15, 0.2) is 29.3 Å². The smallest absolute Gasteiger partial charge is 0.195 e. The summed E-state index contributed by atoms with van der Waals surface area (Å²) in [5.74, 6) is 2.64. The van der Waals surface area contributed by atoms with Crippen LogP contribution in [0.25, 0.3) is 0 Å². The Morgan fingerprint density at radius 2 is 1.88 bits per heavy atom. The summed E-state index contributed by atoms with van der Waals surface area (Å²) in [5.41, 5.74) is 0.912. The quantitative estimate of drug-likeness (QED) is 0.801. The molecule has 1 aromatic rings. The first-order valence-corrected chi connectivity index (χ1v) is 6.01. The highest BCUT2D eigenvalue weighted by molar-refractivity contribution is 5.86. The number of methoxy groups -OCH3 is 1. The van der Waals surface area contributed by atoms with E-state index in [9.17, 15) is 0 Å². The lowest BCUT2D eigenvalue weighted by atomic mass is 9.89. The predicted molar refractivity (Wildman–Crippen MR) is 69.0 cm³/mol. The molecule has 2 atom stereocenters. The number of hydrogen-bond donors (Lipinski definition) is 0. The molecule has 0 bridgehead atoms. The minimum atomic E-state index is 0.312. The van der Waals surface area contributed by atoms with E-state index in [-0.39, 0.29) is 0 Å². The Morgan fingerprint density at radius 1 is 1.24 bits per heavy atom. The topological polar surface area (TPSA) is 30.8 Å². The van der Waals surface area contributed by atoms with Crippen molar-refractivity contribution in [3.05, 3.63) is 24.3 Å². The Hall–Kier alpha value is -1.51. The fourth-order valence-corrected chi connectivity index (χ4v) is 2.04. The largest absolute Gasteiger partial charge is 0.497 e. The van der Waals surface area contributed by atoms with Crippen molar-refractivity contribution in [3.8, 4) is 5.75 Å². The lowest BCUT2D eigenvalue weighted by Crippen LogP contribution is -2.46. The van der Waals surface area contributed by atoms with Crippen molar-refractivity contribution >= 4 is 11.6 Å². The van der Waals surface area contributed by atoms with Gasteiger partial charge in [-0.1, -0.05) is 20.8 Å². The van der Waals surface area contributed by atoms with E-state index >= 15 is 0 Å². The Bertz CT molecular complexity index is 409. The monoisotopic (exact) mass is 233 g/mol. The van der Waals surface area contributed by atoms with Crippen LogP contribution in [0.1, 0.15) is 20.8 Å². The van der Waals surface area contributed by atoms with Crippen LogP contribution in [0.5, 0.6) is 5.75 Å². The lowest BCUT2D eigenvalue weighted by Gasteiger charge is -2.39. The molecular formula is C14H19NO2. The van der Waals surface area contributed by atoms with Crippen LogP contribution in [0, 0.1) is 11.8 Å². The maximum absolute atomic E-state index is 5.69. The second-order valence-corrected chi connectivity index (χ2v) is 4.76. The van der Waals surface area contributed by atoms with Crippen LogP contribution < -0.4 is 4.74 Å². The number of aliphatic imine (C=N–C) groups is 1. The molecule has 0 aromatic heterocycles. The van der Waals surface area contributed by atoms with Crippen molar-refractivity contribution in [2.24, 2.45) is 16.8 Å². The van der Waals surface area contributed by atoms with Crippen molar-refractivity contribution in [3.63, 3.8) is 0 Å². The number of nitrogens with zero attached hydrogens (tertiary/aromatic N) is 1. The molecule has 3 nitrogen and oxygen atoms in total. The van der Waals surface area contributed by atoms with Crippen molar-refractivity contribution < 1.29 is 9.47 Å². The Morgan fingerprint density at radius 3 is 2.35 bits per heavy atom. The first-order valence-electron chi connectivity index (χ1n) is 6.01. The van der Waals surface area contributed by atoms with Gasteiger partial charge in [-0.15, -0.1) is 0 Å². The fourth-order valence-electron chi connectivity index (χ4n) is 2.04. The van der Waals surface area contributed by atoms with E-state index < -0.39 is 0 Å². The van der Waals surface area contributed by atoms with Crippen LogP contribution in [0.2, 0.25) is 0 Å². The average molecular weight is 233 g/mol. The van der Waals surface area contributed by atoms with Gasteiger partial charge in [-0.25, -0.2) is 4.99 Å². The average Bonchev–Trinajstić information content (AvgIpc) is 2.33. The van der Waals surface area contributed by atoms with E-state index in [2.05, 4.69) is 25.8 Å². The molecular weight excluding hydrogens is 214 g/mol. The van der Waals surface area contributed by atoms with Gasteiger partial charge in [-0.05, 0) is 30.2 Å². The van der Waals surface area contributed by atoms with Crippen molar-refractivity contribution in [2.75, 3.05) is 7.11 Å². The zero-order valence-electron chi connectivity index (χ0n) is 10.8. The molecule has 2 rings (SSSR count). The van der Waals surface area contributed by atoms with Crippen LogP contribution >= 0.6 is 0 Å². The number of hydrogen-bond acceptors (Lipinski definition) is 3. The Balaban J connectivity index is 2.05. The highest BCUT2D eigenvalue weighted by Crippen LogP contribution is 2.31. The SMILES string of the molecule is COc1ccc(N=C2O[C@@H](C(C)C)[C@@H]2C)cc1. The molecule has 1 aliphatic heterocycles. The van der Waals surface area contributed by atoms with Gasteiger partial charge in [0.15, 0.2) is 5.90 Å². The maximum Gasteiger partial charge on any atom is 0.195 e. The van der Waals surface area contributed by atoms with Crippen LogP contribution in [-0.2, 0) is 4.74 Å². The summed E-state index contributed by atoms with van der Waals surface area (Å²) in [6.07, 6.45) is 0.312. The second kappa shape index (κ2) is 4.78. The summed E-state index contributed by atoms with van der Waals surface area (Å²) in [6.45, 7) is 6.51. The molecule has 92 valence electrons. The van der Waals surface area contributed by atoms with Crippen molar-refractivity contribution in [1.29, 1.82) is 0 Å². The Labute approximate surface area is 102 Å². The van der Waals surface area contributed by atoms with E-state index in [4.69, 9.17) is 9.47 Å². The zero-order chi connectivity index (χ0) is 12.4. The number of rotatable bonds is 3. The molecule has 17 heavy (non-hydrogen) atoms. The van der Waals surface area contributed by atoms with E-state index in [0.29, 0.717) is 17.9 Å². The van der Waals surface area contributed by atoms with Gasteiger partial charge in [0.05, 0.1) is 18.7 Å². The minimum absolute atomic E-state index is 0.312. The van der Waals surface area contributed by atoms with Gasteiger partial charge in [0.1, 0.15) is 11.9 Å². The maximum atomic E-state index is 5.69. The normalized spacial score (nSPS) is 25.6. The first-order chi connectivity index (χ1) is 8.11.